The SMILES string of the molecule is CCOC(=O)c1c(NC(=O)c2ccc3c(c2)OCO3)sc(C(=O)N2CCCC2)c1C. The van der Waals surface area contributed by atoms with E-state index in [1.54, 1.807) is 36.9 Å². The second-order valence-corrected chi connectivity index (χ2v) is 8.02. The Morgan fingerprint density at radius 3 is 2.63 bits per heavy atom. The third-order valence-corrected chi connectivity index (χ3v) is 6.27. The van der Waals surface area contributed by atoms with Gasteiger partial charge in [0.1, 0.15) is 5.00 Å². The van der Waals surface area contributed by atoms with E-state index in [4.69, 9.17) is 14.2 Å². The summed E-state index contributed by atoms with van der Waals surface area (Å²) in [4.78, 5) is 40.6. The van der Waals surface area contributed by atoms with E-state index >= 15 is 0 Å². The fraction of sp³-hybridized carbons (Fsp3) is 0.381. The zero-order valence-electron chi connectivity index (χ0n) is 16.8. The van der Waals surface area contributed by atoms with Gasteiger partial charge in [0, 0.05) is 18.7 Å². The number of nitrogens with zero attached hydrogens (tertiary/aromatic N) is 1. The number of amides is 2. The Labute approximate surface area is 177 Å². The number of carbonyl (C=O) groups is 3. The summed E-state index contributed by atoms with van der Waals surface area (Å²) in [5.41, 5.74) is 1.10. The Balaban J connectivity index is 1.65. The van der Waals surface area contributed by atoms with Crippen molar-refractivity contribution in [3.8, 4) is 11.5 Å². The minimum Gasteiger partial charge on any atom is -0.462 e. The second-order valence-electron chi connectivity index (χ2n) is 7.00. The fourth-order valence-corrected chi connectivity index (χ4v) is 4.69. The summed E-state index contributed by atoms with van der Waals surface area (Å²) in [7, 11) is 0. The molecule has 2 aliphatic rings. The van der Waals surface area contributed by atoms with Gasteiger partial charge in [0.05, 0.1) is 17.0 Å². The molecule has 0 bridgehead atoms. The van der Waals surface area contributed by atoms with E-state index in [9.17, 15) is 14.4 Å². The molecule has 1 aromatic heterocycles. The van der Waals surface area contributed by atoms with Gasteiger partial charge in [-0.1, -0.05) is 0 Å². The van der Waals surface area contributed by atoms with Crippen molar-refractivity contribution in [1.82, 2.24) is 4.90 Å². The Morgan fingerprint density at radius 2 is 1.90 bits per heavy atom. The lowest BCUT2D eigenvalue weighted by Gasteiger charge is -2.14. The molecule has 30 heavy (non-hydrogen) atoms. The van der Waals surface area contributed by atoms with Crippen LogP contribution in [0.25, 0.3) is 0 Å². The van der Waals surface area contributed by atoms with Crippen LogP contribution < -0.4 is 14.8 Å². The molecule has 158 valence electrons. The predicted molar refractivity (Wildman–Crippen MR) is 111 cm³/mol. The highest BCUT2D eigenvalue weighted by atomic mass is 32.1. The van der Waals surface area contributed by atoms with Crippen molar-refractivity contribution in [2.45, 2.75) is 26.7 Å². The first-order valence-corrected chi connectivity index (χ1v) is 10.6. The van der Waals surface area contributed by atoms with Crippen LogP contribution in [-0.4, -0.2) is 49.2 Å². The highest BCUT2D eigenvalue weighted by Crippen LogP contribution is 2.36. The average Bonchev–Trinajstić information content (AvgIpc) is 3.47. The number of thiophene rings is 1. The number of carbonyl (C=O) groups excluding carboxylic acids is 3. The molecule has 0 atom stereocenters. The van der Waals surface area contributed by atoms with E-state index in [-0.39, 0.29) is 24.9 Å². The minimum atomic E-state index is -0.562. The molecule has 1 N–H and O–H groups in total. The number of anilines is 1. The molecular formula is C21H22N2O6S. The number of fused-ring (bicyclic) bond motifs is 1. The van der Waals surface area contributed by atoms with Crippen LogP contribution in [0.3, 0.4) is 0 Å². The first-order valence-electron chi connectivity index (χ1n) is 9.80. The number of benzene rings is 1. The quantitative estimate of drug-likeness (QED) is 0.731. The van der Waals surface area contributed by atoms with E-state index < -0.39 is 11.9 Å². The van der Waals surface area contributed by atoms with Crippen LogP contribution in [0.5, 0.6) is 11.5 Å². The summed E-state index contributed by atoms with van der Waals surface area (Å²) in [5, 5.41) is 3.08. The molecule has 0 unspecified atom stereocenters. The molecule has 3 heterocycles. The molecule has 2 aliphatic heterocycles. The Bertz CT molecular complexity index is 1010. The summed E-state index contributed by atoms with van der Waals surface area (Å²) in [6.07, 6.45) is 1.93. The van der Waals surface area contributed by atoms with Crippen LogP contribution in [-0.2, 0) is 4.74 Å². The third kappa shape index (κ3) is 3.72. The van der Waals surface area contributed by atoms with Crippen molar-refractivity contribution in [2.75, 3.05) is 31.8 Å². The Morgan fingerprint density at radius 1 is 1.17 bits per heavy atom. The van der Waals surface area contributed by atoms with Crippen LogP contribution in [0.1, 0.15) is 55.7 Å². The molecule has 1 saturated heterocycles. The van der Waals surface area contributed by atoms with E-state index in [0.29, 0.717) is 45.6 Å². The van der Waals surface area contributed by atoms with Crippen molar-refractivity contribution >= 4 is 34.1 Å². The van der Waals surface area contributed by atoms with Gasteiger partial charge in [-0.3, -0.25) is 9.59 Å². The number of esters is 1. The summed E-state index contributed by atoms with van der Waals surface area (Å²) < 4.78 is 15.8. The first kappa shape index (κ1) is 20.2. The van der Waals surface area contributed by atoms with Gasteiger partial charge in [0.2, 0.25) is 6.79 Å². The molecule has 0 spiro atoms. The van der Waals surface area contributed by atoms with Gasteiger partial charge in [-0.15, -0.1) is 11.3 Å². The second kappa shape index (κ2) is 8.35. The van der Waals surface area contributed by atoms with Crippen molar-refractivity contribution in [1.29, 1.82) is 0 Å². The number of nitrogens with one attached hydrogen (secondary N) is 1. The molecule has 1 fully saturated rings. The normalized spacial score (nSPS) is 14.7. The smallest absolute Gasteiger partial charge is 0.341 e. The molecule has 0 saturated carbocycles. The van der Waals surface area contributed by atoms with Crippen molar-refractivity contribution < 1.29 is 28.6 Å². The monoisotopic (exact) mass is 430 g/mol. The predicted octanol–water partition coefficient (Wildman–Crippen LogP) is 3.45. The van der Waals surface area contributed by atoms with Crippen LogP contribution in [0.15, 0.2) is 18.2 Å². The lowest BCUT2D eigenvalue weighted by molar-refractivity contribution is 0.0527. The van der Waals surface area contributed by atoms with E-state index in [2.05, 4.69) is 5.32 Å². The van der Waals surface area contributed by atoms with Crippen LogP contribution in [0.4, 0.5) is 5.00 Å². The van der Waals surface area contributed by atoms with Crippen molar-refractivity contribution in [2.24, 2.45) is 0 Å². The molecule has 4 rings (SSSR count). The van der Waals surface area contributed by atoms with Crippen molar-refractivity contribution in [3.63, 3.8) is 0 Å². The lowest BCUT2D eigenvalue weighted by atomic mass is 10.1. The van der Waals surface area contributed by atoms with Gasteiger partial charge in [0.25, 0.3) is 11.8 Å². The topological polar surface area (TPSA) is 94.2 Å². The van der Waals surface area contributed by atoms with Gasteiger partial charge in [0.15, 0.2) is 11.5 Å². The molecule has 8 nitrogen and oxygen atoms in total. The summed E-state index contributed by atoms with van der Waals surface area (Å²) in [6, 6.07) is 4.85. The molecule has 2 aromatic rings. The maximum Gasteiger partial charge on any atom is 0.341 e. The number of hydrogen-bond donors (Lipinski definition) is 1. The molecule has 0 radical (unpaired) electrons. The lowest BCUT2D eigenvalue weighted by Crippen LogP contribution is -2.27. The number of likely N-dealkylation sites (tertiary alicyclic amines) is 1. The molecule has 2 amide bonds. The van der Waals surface area contributed by atoms with Crippen molar-refractivity contribution in [3.05, 3.63) is 39.8 Å². The zero-order chi connectivity index (χ0) is 21.3. The Kier molecular flexibility index (Phi) is 5.63. The largest absolute Gasteiger partial charge is 0.462 e. The molecule has 9 heteroatoms. The molecule has 1 aromatic carbocycles. The van der Waals surface area contributed by atoms with Crippen LogP contribution in [0.2, 0.25) is 0 Å². The number of rotatable bonds is 5. The summed E-state index contributed by atoms with van der Waals surface area (Å²) in [5.74, 6) is -0.0399. The zero-order valence-corrected chi connectivity index (χ0v) is 17.6. The highest BCUT2D eigenvalue weighted by molar-refractivity contribution is 7.18. The minimum absolute atomic E-state index is 0.111. The van der Waals surface area contributed by atoms with Gasteiger partial charge in [-0.05, 0) is 50.5 Å². The Hall–Kier alpha value is -3.07. The van der Waals surface area contributed by atoms with Gasteiger partial charge >= 0.3 is 5.97 Å². The summed E-state index contributed by atoms with van der Waals surface area (Å²) in [6.45, 7) is 5.12. The maximum absolute atomic E-state index is 12.9. The maximum atomic E-state index is 12.9. The van der Waals surface area contributed by atoms with Crippen LogP contribution in [0, 0.1) is 6.92 Å². The first-order chi connectivity index (χ1) is 14.5. The fourth-order valence-electron chi connectivity index (χ4n) is 3.53. The molecule has 0 aliphatic carbocycles. The standard InChI is InChI=1S/C21H22N2O6S/c1-3-27-21(26)16-12(2)17(20(25)23-8-4-5-9-23)30-19(16)22-18(24)13-6-7-14-15(10-13)29-11-28-14/h6-7,10H,3-5,8-9,11H2,1-2H3,(H,22,24). The van der Waals surface area contributed by atoms with Crippen LogP contribution >= 0.6 is 11.3 Å². The number of ether oxygens (including phenoxy) is 3. The van der Waals surface area contributed by atoms with E-state index in [0.717, 1.165) is 24.2 Å². The summed E-state index contributed by atoms with van der Waals surface area (Å²) >= 11 is 1.10. The molecular weight excluding hydrogens is 408 g/mol. The average molecular weight is 430 g/mol. The van der Waals surface area contributed by atoms with Gasteiger partial charge in [-0.2, -0.15) is 0 Å². The number of hydrogen-bond acceptors (Lipinski definition) is 7. The van der Waals surface area contributed by atoms with E-state index in [1.807, 2.05) is 0 Å². The van der Waals surface area contributed by atoms with Gasteiger partial charge < -0.3 is 24.4 Å². The highest BCUT2D eigenvalue weighted by Gasteiger charge is 2.30. The van der Waals surface area contributed by atoms with E-state index in [1.165, 1.54) is 0 Å². The third-order valence-electron chi connectivity index (χ3n) is 5.08. The van der Waals surface area contributed by atoms with Gasteiger partial charge in [-0.25, -0.2) is 4.79 Å².